The summed E-state index contributed by atoms with van der Waals surface area (Å²) < 4.78 is 47.0. The molecule has 3 aromatic rings. The molecule has 3 atom stereocenters. The van der Waals surface area contributed by atoms with Crippen LogP contribution in [0.2, 0.25) is 0 Å². The van der Waals surface area contributed by atoms with Gasteiger partial charge in [-0.25, -0.2) is 17.6 Å². The van der Waals surface area contributed by atoms with Crippen molar-refractivity contribution in [1.29, 1.82) is 5.26 Å². The maximum Gasteiger partial charge on any atom is 0.407 e. The van der Waals surface area contributed by atoms with Gasteiger partial charge in [-0.05, 0) is 117 Å². The Labute approximate surface area is 299 Å². The number of piperidine rings is 1. The van der Waals surface area contributed by atoms with Crippen LogP contribution in [0.5, 0.6) is 0 Å². The minimum absolute atomic E-state index is 0.0134. The Balaban J connectivity index is 1.06. The van der Waals surface area contributed by atoms with Crippen LogP contribution in [0.1, 0.15) is 37.7 Å². The highest BCUT2D eigenvalue weighted by atomic mass is 32.2. The third-order valence-corrected chi connectivity index (χ3v) is 12.6. The van der Waals surface area contributed by atoms with Crippen LogP contribution in [0, 0.1) is 34.9 Å². The maximum absolute atomic E-state index is 14.6. The van der Waals surface area contributed by atoms with Crippen molar-refractivity contribution in [3.63, 3.8) is 0 Å². The molecule has 3 aliphatic rings. The summed E-state index contributed by atoms with van der Waals surface area (Å²) >= 11 is 0. The number of ether oxygens (including phenoxy) is 1. The molecule has 2 saturated heterocycles. The summed E-state index contributed by atoms with van der Waals surface area (Å²) in [5.74, 6) is -0.590. The number of halogens is 1. The van der Waals surface area contributed by atoms with Gasteiger partial charge in [0.15, 0.2) is 0 Å². The van der Waals surface area contributed by atoms with E-state index in [9.17, 15) is 27.7 Å². The quantitative estimate of drug-likeness (QED) is 0.234. The van der Waals surface area contributed by atoms with Crippen molar-refractivity contribution in [1.82, 2.24) is 10.2 Å². The molecule has 0 radical (unpaired) electrons. The van der Waals surface area contributed by atoms with E-state index in [1.165, 1.54) is 31.3 Å². The maximum atomic E-state index is 14.6. The average Bonchev–Trinajstić information content (AvgIpc) is 3.59. The molecule has 3 fully saturated rings. The van der Waals surface area contributed by atoms with Crippen LogP contribution in [0.4, 0.5) is 20.6 Å². The van der Waals surface area contributed by atoms with Gasteiger partial charge >= 0.3 is 6.09 Å². The van der Waals surface area contributed by atoms with Gasteiger partial charge in [0.1, 0.15) is 11.9 Å². The van der Waals surface area contributed by atoms with E-state index in [-0.39, 0.29) is 27.4 Å². The number of nitriles is 1. The highest BCUT2D eigenvalue weighted by molar-refractivity contribution is 7.91. The zero-order valence-electron chi connectivity index (χ0n) is 28.8. The van der Waals surface area contributed by atoms with Crippen LogP contribution < -0.4 is 15.5 Å². The fourth-order valence-electron chi connectivity index (χ4n) is 8.26. The van der Waals surface area contributed by atoms with Gasteiger partial charge in [0, 0.05) is 49.9 Å². The number of carbonyl (C=O) groups excluding carboxylic acids is 2. The minimum atomic E-state index is -3.78. The Morgan fingerprint density at radius 3 is 2.41 bits per heavy atom. The molecule has 10 nitrogen and oxygen atoms in total. The van der Waals surface area contributed by atoms with E-state index in [1.54, 1.807) is 30.3 Å². The molecule has 2 heterocycles. The van der Waals surface area contributed by atoms with Gasteiger partial charge in [-0.3, -0.25) is 4.79 Å². The van der Waals surface area contributed by atoms with E-state index in [4.69, 9.17) is 4.74 Å². The van der Waals surface area contributed by atoms with Gasteiger partial charge < -0.3 is 25.2 Å². The van der Waals surface area contributed by atoms with Crippen molar-refractivity contribution in [2.75, 3.05) is 50.0 Å². The Hall–Kier alpha value is -4.73. The third kappa shape index (κ3) is 7.51. The number of nitrogens with one attached hydrogen (secondary N) is 2. The molecule has 12 heteroatoms. The summed E-state index contributed by atoms with van der Waals surface area (Å²) in [5, 5.41) is 16.0. The number of hydrogen-bond donors (Lipinski definition) is 2. The lowest BCUT2D eigenvalue weighted by Crippen LogP contribution is -2.54. The predicted octanol–water partition coefficient (Wildman–Crippen LogP) is 5.92. The van der Waals surface area contributed by atoms with Crippen LogP contribution in [0.15, 0.2) is 95.2 Å². The van der Waals surface area contributed by atoms with Crippen LogP contribution >= 0.6 is 0 Å². The third-order valence-electron chi connectivity index (χ3n) is 10.8. The van der Waals surface area contributed by atoms with Crippen LogP contribution in [0.25, 0.3) is 0 Å². The first-order valence-electron chi connectivity index (χ1n) is 17.5. The van der Waals surface area contributed by atoms with E-state index < -0.39 is 33.4 Å². The number of likely N-dealkylation sites (tertiary alicyclic amines) is 1. The van der Waals surface area contributed by atoms with Gasteiger partial charge in [0.25, 0.3) is 0 Å². The fraction of sp³-hybridized carbons (Fsp3) is 0.410. The molecule has 51 heavy (non-hydrogen) atoms. The topological polar surface area (TPSA) is 132 Å². The standard InChI is InChI=1S/C39H44FN5O5S/c1-3-37(46)43-31-9-5-10-34(22-31)51(48,49)33-15-13-32(14-16-33)45-24-27(25-45)23-44-19-17-28(18-20-44)39(26-41,29-7-4-8-30(40)21-29)35-11-6-12-36(35)50-38(47)42-2/h3-5,7-10,13-16,21-22,27-28,35-36H,1,6,11-12,17-20,23-25H2,2H3,(H,42,47)(H,43,46)/t35?,36?,39-/m1/s1. The SMILES string of the molecule is C=CC(=O)Nc1cccc(S(=O)(=O)c2ccc(N3CC(CN4CCC([C@](C#N)(c5cccc(F)c5)C5CCCC5OC(=O)NC)CC4)C3)cc2)c1. The second-order valence-corrected chi connectivity index (χ2v) is 15.7. The number of alkyl carbamates (subject to hydrolysis) is 1. The van der Waals surface area contributed by atoms with Crippen LogP contribution in [0.3, 0.4) is 0 Å². The van der Waals surface area contributed by atoms with E-state index in [2.05, 4.69) is 33.1 Å². The lowest BCUT2D eigenvalue weighted by Gasteiger charge is -2.47. The molecule has 1 aliphatic carbocycles. The number of nitrogens with zero attached hydrogens (tertiary/aromatic N) is 3. The minimum Gasteiger partial charge on any atom is -0.446 e. The van der Waals surface area contributed by atoms with Crippen molar-refractivity contribution < 1.29 is 27.1 Å². The number of rotatable bonds is 11. The molecular formula is C39H44FN5O5S. The Bertz CT molecular complexity index is 1900. The molecule has 2 aliphatic heterocycles. The molecule has 6 rings (SSSR count). The van der Waals surface area contributed by atoms with Gasteiger partial charge in [-0.15, -0.1) is 0 Å². The zero-order chi connectivity index (χ0) is 36.2. The smallest absolute Gasteiger partial charge is 0.407 e. The van der Waals surface area contributed by atoms with E-state index >= 15 is 0 Å². The molecule has 0 aromatic heterocycles. The summed E-state index contributed by atoms with van der Waals surface area (Å²) in [6, 6.07) is 22.1. The summed E-state index contributed by atoms with van der Waals surface area (Å²) in [5.41, 5.74) is 1.02. The van der Waals surface area contributed by atoms with Crippen molar-refractivity contribution in [2.24, 2.45) is 17.8 Å². The summed E-state index contributed by atoms with van der Waals surface area (Å²) in [6.07, 6.45) is 4.01. The summed E-state index contributed by atoms with van der Waals surface area (Å²) in [4.78, 5) is 28.8. The molecule has 2 amide bonds. The van der Waals surface area contributed by atoms with Crippen molar-refractivity contribution in [3.8, 4) is 6.07 Å². The van der Waals surface area contributed by atoms with E-state index in [1.807, 2.05) is 18.2 Å². The van der Waals surface area contributed by atoms with Crippen molar-refractivity contribution >= 4 is 33.2 Å². The second kappa shape index (κ2) is 15.3. The lowest BCUT2D eigenvalue weighted by molar-refractivity contribution is -0.111. The van der Waals surface area contributed by atoms with E-state index in [0.29, 0.717) is 23.6 Å². The number of carbonyl (C=O) groups is 2. The Morgan fingerprint density at radius 2 is 1.75 bits per heavy atom. The molecule has 1 saturated carbocycles. The number of sulfone groups is 1. The van der Waals surface area contributed by atoms with Gasteiger partial charge in [0.05, 0.1) is 21.3 Å². The molecule has 3 aromatic carbocycles. The number of hydrogen-bond acceptors (Lipinski definition) is 8. The zero-order valence-corrected chi connectivity index (χ0v) is 29.6. The molecular weight excluding hydrogens is 670 g/mol. The monoisotopic (exact) mass is 713 g/mol. The van der Waals surface area contributed by atoms with E-state index in [0.717, 1.165) is 70.2 Å². The van der Waals surface area contributed by atoms with Gasteiger partial charge in [-0.2, -0.15) is 5.26 Å². The van der Waals surface area contributed by atoms with Gasteiger partial charge in [-0.1, -0.05) is 24.8 Å². The molecule has 0 spiro atoms. The highest BCUT2D eigenvalue weighted by Crippen LogP contribution is 2.51. The van der Waals surface area contributed by atoms with Gasteiger partial charge in [0.2, 0.25) is 15.7 Å². The molecule has 0 bridgehead atoms. The lowest BCUT2D eigenvalue weighted by atomic mass is 9.59. The summed E-state index contributed by atoms with van der Waals surface area (Å²) in [7, 11) is -2.26. The first-order chi connectivity index (χ1) is 24.6. The number of amides is 2. The number of benzene rings is 3. The first-order valence-corrected chi connectivity index (χ1v) is 19.0. The normalized spacial score (nSPS) is 21.2. The molecule has 2 N–H and O–H groups in total. The highest BCUT2D eigenvalue weighted by Gasteiger charge is 2.53. The Kier molecular flexibility index (Phi) is 10.8. The first kappa shape index (κ1) is 36.1. The molecule has 268 valence electrons. The van der Waals surface area contributed by atoms with Crippen LogP contribution in [-0.2, 0) is 24.8 Å². The molecule has 2 unspecified atom stereocenters. The fourth-order valence-corrected chi connectivity index (χ4v) is 9.57. The average molecular weight is 714 g/mol. The van der Waals surface area contributed by atoms with Crippen molar-refractivity contribution in [2.45, 2.75) is 53.4 Å². The Morgan fingerprint density at radius 1 is 1.02 bits per heavy atom. The largest absolute Gasteiger partial charge is 0.446 e. The number of anilines is 2. The van der Waals surface area contributed by atoms with Crippen molar-refractivity contribution in [3.05, 3.63) is 96.8 Å². The summed E-state index contributed by atoms with van der Waals surface area (Å²) in [6.45, 7) is 7.68. The predicted molar refractivity (Wildman–Crippen MR) is 192 cm³/mol. The second-order valence-electron chi connectivity index (χ2n) is 13.8. The van der Waals surface area contributed by atoms with Crippen LogP contribution in [-0.4, -0.2) is 71.2 Å².